The molecule has 25 heavy (non-hydrogen) atoms. The van der Waals surface area contributed by atoms with E-state index in [-0.39, 0.29) is 18.4 Å². The fourth-order valence-corrected chi connectivity index (χ4v) is 3.20. The van der Waals surface area contributed by atoms with Crippen molar-refractivity contribution in [3.8, 4) is 0 Å². The van der Waals surface area contributed by atoms with Crippen molar-refractivity contribution >= 4 is 34.8 Å². The Bertz CT molecular complexity index is 779. The molecule has 0 aromatic heterocycles. The number of carbonyl (C=O) groups excluding carboxylic acids is 2. The Morgan fingerprint density at radius 1 is 1.16 bits per heavy atom. The van der Waals surface area contributed by atoms with E-state index in [1.165, 1.54) is 11.8 Å². The summed E-state index contributed by atoms with van der Waals surface area (Å²) in [7, 11) is 0. The molecule has 0 unspecified atom stereocenters. The molecule has 2 aromatic rings. The molecular formula is C20H23ClN2O2. The van der Waals surface area contributed by atoms with E-state index in [1.54, 1.807) is 6.07 Å². The molecule has 5 heteroatoms. The molecule has 2 amide bonds. The average Bonchev–Trinajstić information content (AvgIpc) is 2.55. The van der Waals surface area contributed by atoms with Crippen LogP contribution < -0.4 is 10.2 Å². The minimum Gasteiger partial charge on any atom is -0.323 e. The summed E-state index contributed by atoms with van der Waals surface area (Å²) in [4.78, 5) is 26.1. The molecule has 132 valence electrons. The number of para-hydroxylation sites is 1. The highest BCUT2D eigenvalue weighted by atomic mass is 35.5. The largest absolute Gasteiger partial charge is 0.323 e. The summed E-state index contributed by atoms with van der Waals surface area (Å²) in [5.74, 6) is -0.460. The van der Waals surface area contributed by atoms with Gasteiger partial charge in [0.15, 0.2) is 0 Å². The van der Waals surface area contributed by atoms with Crippen molar-refractivity contribution in [3.63, 3.8) is 0 Å². The Morgan fingerprint density at radius 3 is 2.44 bits per heavy atom. The summed E-state index contributed by atoms with van der Waals surface area (Å²) in [6.07, 6.45) is 0.782. The lowest BCUT2D eigenvalue weighted by Crippen LogP contribution is -2.37. The van der Waals surface area contributed by atoms with E-state index in [1.807, 2.05) is 51.1 Å². The number of nitrogens with zero attached hydrogens (tertiary/aromatic N) is 1. The smallest absolute Gasteiger partial charge is 0.244 e. The number of rotatable bonds is 5. The lowest BCUT2D eigenvalue weighted by molar-refractivity contribution is -0.120. The van der Waals surface area contributed by atoms with Crippen LogP contribution in [0.5, 0.6) is 0 Å². The number of carbonyl (C=O) groups is 2. The Morgan fingerprint density at radius 2 is 1.84 bits per heavy atom. The highest BCUT2D eigenvalue weighted by Gasteiger charge is 2.19. The van der Waals surface area contributed by atoms with Gasteiger partial charge in [0.1, 0.15) is 6.54 Å². The second-order valence-corrected chi connectivity index (χ2v) is 6.48. The van der Waals surface area contributed by atoms with Crippen LogP contribution in [0.2, 0.25) is 5.02 Å². The summed E-state index contributed by atoms with van der Waals surface area (Å²) in [5, 5.41) is 3.33. The number of hydrogen-bond donors (Lipinski definition) is 1. The normalized spacial score (nSPS) is 10.4. The third-order valence-electron chi connectivity index (χ3n) is 4.04. The van der Waals surface area contributed by atoms with Crippen LogP contribution in [0.15, 0.2) is 36.4 Å². The first-order chi connectivity index (χ1) is 11.8. The van der Waals surface area contributed by atoms with E-state index in [0.29, 0.717) is 10.7 Å². The maximum atomic E-state index is 12.5. The minimum absolute atomic E-state index is 0.0595. The summed E-state index contributed by atoms with van der Waals surface area (Å²) >= 11 is 6.25. The molecular weight excluding hydrogens is 336 g/mol. The fraction of sp³-hybridized carbons (Fsp3) is 0.300. The molecule has 0 aliphatic heterocycles. The van der Waals surface area contributed by atoms with Crippen molar-refractivity contribution in [1.82, 2.24) is 0 Å². The average molecular weight is 359 g/mol. The van der Waals surface area contributed by atoms with E-state index in [0.717, 1.165) is 28.8 Å². The van der Waals surface area contributed by atoms with Crippen LogP contribution in [0.3, 0.4) is 0 Å². The molecule has 0 spiro atoms. The topological polar surface area (TPSA) is 49.4 Å². The molecule has 0 aliphatic rings. The van der Waals surface area contributed by atoms with E-state index < -0.39 is 0 Å². The van der Waals surface area contributed by atoms with Gasteiger partial charge in [-0.25, -0.2) is 0 Å². The summed E-state index contributed by atoms with van der Waals surface area (Å²) in [6, 6.07) is 11.4. The molecule has 0 saturated carbocycles. The molecule has 2 aromatic carbocycles. The SMILES string of the molecule is CCc1ccccc1N(CC(=O)Nc1c(C)cc(C)cc1Cl)C(C)=O. The van der Waals surface area contributed by atoms with Crippen molar-refractivity contribution in [1.29, 1.82) is 0 Å². The van der Waals surface area contributed by atoms with E-state index >= 15 is 0 Å². The molecule has 0 radical (unpaired) electrons. The lowest BCUT2D eigenvalue weighted by Gasteiger charge is -2.23. The number of aryl methyl sites for hydroxylation is 3. The van der Waals surface area contributed by atoms with Gasteiger partial charge in [-0.15, -0.1) is 0 Å². The molecule has 2 rings (SSSR count). The van der Waals surface area contributed by atoms with E-state index in [9.17, 15) is 9.59 Å². The fourth-order valence-electron chi connectivity index (χ4n) is 2.84. The third-order valence-corrected chi connectivity index (χ3v) is 4.34. The van der Waals surface area contributed by atoms with Crippen LogP contribution in [-0.4, -0.2) is 18.4 Å². The second-order valence-electron chi connectivity index (χ2n) is 6.07. The number of halogens is 1. The van der Waals surface area contributed by atoms with Crippen LogP contribution in [0.1, 0.15) is 30.5 Å². The first-order valence-corrected chi connectivity index (χ1v) is 8.63. The van der Waals surface area contributed by atoms with Crippen molar-refractivity contribution in [2.24, 2.45) is 0 Å². The zero-order valence-corrected chi connectivity index (χ0v) is 15.8. The number of hydrogen-bond acceptors (Lipinski definition) is 2. The maximum Gasteiger partial charge on any atom is 0.244 e. The number of anilines is 2. The predicted octanol–water partition coefficient (Wildman–Crippen LogP) is 4.51. The number of nitrogens with one attached hydrogen (secondary N) is 1. The Labute approximate surface area is 153 Å². The molecule has 0 saturated heterocycles. The van der Waals surface area contributed by atoms with Gasteiger partial charge in [0.05, 0.1) is 10.7 Å². The van der Waals surface area contributed by atoms with Gasteiger partial charge < -0.3 is 10.2 Å². The zero-order valence-electron chi connectivity index (χ0n) is 15.0. The second kappa shape index (κ2) is 8.17. The van der Waals surface area contributed by atoms with Crippen LogP contribution in [0.4, 0.5) is 11.4 Å². The van der Waals surface area contributed by atoms with Gasteiger partial charge in [-0.2, -0.15) is 0 Å². The van der Waals surface area contributed by atoms with Crippen LogP contribution in [0.25, 0.3) is 0 Å². The molecule has 0 fully saturated rings. The highest BCUT2D eigenvalue weighted by Crippen LogP contribution is 2.27. The molecule has 0 heterocycles. The number of benzene rings is 2. The lowest BCUT2D eigenvalue weighted by atomic mass is 10.1. The predicted molar refractivity (Wildman–Crippen MR) is 103 cm³/mol. The molecule has 0 bridgehead atoms. The first kappa shape index (κ1) is 19.0. The maximum absolute atomic E-state index is 12.5. The minimum atomic E-state index is -0.282. The quantitative estimate of drug-likeness (QED) is 0.854. The van der Waals surface area contributed by atoms with Crippen molar-refractivity contribution in [2.45, 2.75) is 34.1 Å². The van der Waals surface area contributed by atoms with Gasteiger partial charge >= 0.3 is 0 Å². The van der Waals surface area contributed by atoms with Crippen LogP contribution in [0, 0.1) is 13.8 Å². The monoisotopic (exact) mass is 358 g/mol. The van der Waals surface area contributed by atoms with Crippen LogP contribution in [-0.2, 0) is 16.0 Å². The van der Waals surface area contributed by atoms with Crippen molar-refractivity contribution < 1.29 is 9.59 Å². The first-order valence-electron chi connectivity index (χ1n) is 8.26. The molecule has 4 nitrogen and oxygen atoms in total. The Balaban J connectivity index is 2.23. The molecule has 0 aliphatic carbocycles. The Kier molecular flexibility index (Phi) is 6.21. The highest BCUT2D eigenvalue weighted by molar-refractivity contribution is 6.34. The molecule has 0 atom stereocenters. The molecule has 1 N–H and O–H groups in total. The van der Waals surface area contributed by atoms with Gasteiger partial charge in [0.25, 0.3) is 0 Å². The summed E-state index contributed by atoms with van der Waals surface area (Å²) in [6.45, 7) is 7.26. The van der Waals surface area contributed by atoms with Gasteiger partial charge in [0, 0.05) is 12.6 Å². The standard InChI is InChI=1S/C20H23ClN2O2/c1-5-16-8-6-7-9-18(16)23(15(4)24)12-19(25)22-20-14(3)10-13(2)11-17(20)21/h6-11H,5,12H2,1-4H3,(H,22,25). The Hall–Kier alpha value is -2.33. The van der Waals surface area contributed by atoms with E-state index in [2.05, 4.69) is 5.32 Å². The van der Waals surface area contributed by atoms with Crippen molar-refractivity contribution in [2.75, 3.05) is 16.8 Å². The van der Waals surface area contributed by atoms with Gasteiger partial charge in [-0.3, -0.25) is 9.59 Å². The van der Waals surface area contributed by atoms with Gasteiger partial charge in [0.2, 0.25) is 11.8 Å². The van der Waals surface area contributed by atoms with Crippen LogP contribution >= 0.6 is 11.6 Å². The van der Waals surface area contributed by atoms with Gasteiger partial charge in [-0.1, -0.05) is 42.8 Å². The third kappa shape index (κ3) is 4.60. The number of amides is 2. The zero-order chi connectivity index (χ0) is 18.6. The summed E-state index contributed by atoms with van der Waals surface area (Å²) in [5.41, 5.74) is 4.29. The van der Waals surface area contributed by atoms with Gasteiger partial charge in [-0.05, 0) is 49.1 Å². The van der Waals surface area contributed by atoms with E-state index in [4.69, 9.17) is 11.6 Å². The van der Waals surface area contributed by atoms with Crippen molar-refractivity contribution in [3.05, 3.63) is 58.1 Å². The summed E-state index contributed by atoms with van der Waals surface area (Å²) < 4.78 is 0.